The number of aryl methyl sites for hydroxylation is 2. The minimum atomic E-state index is 0.439. The largest absolute Gasteiger partial charge is 0.247 e. The van der Waals surface area contributed by atoms with Gasteiger partial charge < -0.3 is 0 Å². The van der Waals surface area contributed by atoms with Crippen molar-refractivity contribution in [3.63, 3.8) is 0 Å². The number of hydrogen-bond donors (Lipinski definition) is 0. The maximum atomic E-state index is 9.15. The molecule has 0 unspecified atom stereocenters. The van der Waals surface area contributed by atoms with Gasteiger partial charge in [0, 0.05) is 0 Å². The van der Waals surface area contributed by atoms with E-state index in [0.717, 1.165) is 11.3 Å². The standard InChI is InChI=1S/C15H12N4S/c1-9-5-6-13(10(2)7-9)18-19-15-12(8-16)11(3)14(17-4)20-15/h5-7H,1-3H3. The predicted molar refractivity (Wildman–Crippen MR) is 80.1 cm³/mol. The van der Waals surface area contributed by atoms with Crippen molar-refractivity contribution >= 4 is 27.0 Å². The lowest BCUT2D eigenvalue weighted by molar-refractivity contribution is 1.21. The van der Waals surface area contributed by atoms with E-state index in [1.54, 1.807) is 6.92 Å². The Morgan fingerprint density at radius 3 is 2.60 bits per heavy atom. The number of nitriles is 1. The summed E-state index contributed by atoms with van der Waals surface area (Å²) in [5.74, 6) is 0. The van der Waals surface area contributed by atoms with E-state index in [1.165, 1.54) is 16.9 Å². The highest BCUT2D eigenvalue weighted by atomic mass is 32.1. The van der Waals surface area contributed by atoms with Gasteiger partial charge in [0.05, 0.1) is 17.8 Å². The molecule has 98 valence electrons. The summed E-state index contributed by atoms with van der Waals surface area (Å²) in [6.45, 7) is 12.8. The van der Waals surface area contributed by atoms with E-state index >= 15 is 0 Å². The third-order valence-electron chi connectivity index (χ3n) is 2.92. The average Bonchev–Trinajstić information content (AvgIpc) is 2.73. The van der Waals surface area contributed by atoms with Crippen LogP contribution in [0.15, 0.2) is 28.4 Å². The summed E-state index contributed by atoms with van der Waals surface area (Å²) in [6, 6.07) is 7.99. The van der Waals surface area contributed by atoms with Crippen molar-refractivity contribution < 1.29 is 0 Å². The number of rotatable bonds is 2. The van der Waals surface area contributed by atoms with Gasteiger partial charge in [-0.1, -0.05) is 17.7 Å². The topological polar surface area (TPSA) is 52.9 Å². The highest BCUT2D eigenvalue weighted by molar-refractivity contribution is 7.20. The van der Waals surface area contributed by atoms with Gasteiger partial charge in [-0.05, 0) is 38.0 Å². The van der Waals surface area contributed by atoms with E-state index in [-0.39, 0.29) is 0 Å². The van der Waals surface area contributed by atoms with Crippen molar-refractivity contribution in [2.75, 3.05) is 0 Å². The van der Waals surface area contributed by atoms with Crippen molar-refractivity contribution in [1.29, 1.82) is 5.26 Å². The predicted octanol–water partition coefficient (Wildman–Crippen LogP) is 5.51. The normalized spacial score (nSPS) is 10.4. The molecule has 0 saturated heterocycles. The third kappa shape index (κ3) is 2.59. The van der Waals surface area contributed by atoms with Crippen molar-refractivity contribution in [1.82, 2.24) is 0 Å². The van der Waals surface area contributed by atoms with E-state index in [1.807, 2.05) is 32.0 Å². The first-order chi connectivity index (χ1) is 9.56. The van der Waals surface area contributed by atoms with Gasteiger partial charge in [0.15, 0.2) is 0 Å². The molecule has 0 atom stereocenters. The van der Waals surface area contributed by atoms with Crippen LogP contribution >= 0.6 is 11.3 Å². The molecule has 0 N–H and O–H groups in total. The van der Waals surface area contributed by atoms with Crippen molar-refractivity contribution in [2.24, 2.45) is 10.2 Å². The molecule has 0 bridgehead atoms. The van der Waals surface area contributed by atoms with Gasteiger partial charge >= 0.3 is 0 Å². The van der Waals surface area contributed by atoms with Gasteiger partial charge in [0.1, 0.15) is 11.1 Å². The lowest BCUT2D eigenvalue weighted by Gasteiger charge is -1.99. The molecule has 0 radical (unpaired) electrons. The number of hydrogen-bond acceptors (Lipinski definition) is 4. The molecule has 2 aromatic rings. The molecule has 0 saturated carbocycles. The lowest BCUT2D eigenvalue weighted by Crippen LogP contribution is -1.76. The maximum Gasteiger partial charge on any atom is 0.247 e. The van der Waals surface area contributed by atoms with Crippen LogP contribution in [0.25, 0.3) is 4.85 Å². The SMILES string of the molecule is [C-]#[N+]c1sc(N=Nc2ccc(C)cc2C)c(C#N)c1C. The molecule has 0 aliphatic heterocycles. The zero-order valence-electron chi connectivity index (χ0n) is 11.4. The molecule has 1 aromatic heterocycles. The molecular weight excluding hydrogens is 268 g/mol. The molecule has 0 aliphatic rings. The van der Waals surface area contributed by atoms with Crippen LogP contribution in [-0.4, -0.2) is 0 Å². The number of nitrogens with zero attached hydrogens (tertiary/aromatic N) is 4. The third-order valence-corrected chi connectivity index (χ3v) is 3.99. The van der Waals surface area contributed by atoms with E-state index in [4.69, 9.17) is 11.8 Å². The summed E-state index contributed by atoms with van der Waals surface area (Å²) in [5, 5.41) is 18.5. The fraction of sp³-hybridized carbons (Fsp3) is 0.200. The fourth-order valence-electron chi connectivity index (χ4n) is 1.81. The quantitative estimate of drug-likeness (QED) is 0.528. The first-order valence-electron chi connectivity index (χ1n) is 5.96. The Kier molecular flexibility index (Phi) is 3.93. The minimum Gasteiger partial charge on any atom is -0.226 e. The van der Waals surface area contributed by atoms with Gasteiger partial charge in [-0.25, -0.2) is 4.85 Å². The van der Waals surface area contributed by atoms with Crippen LogP contribution in [0.2, 0.25) is 0 Å². The molecule has 1 heterocycles. The van der Waals surface area contributed by atoms with Gasteiger partial charge in [0.25, 0.3) is 0 Å². The molecule has 2 rings (SSSR count). The Balaban J connectivity index is 2.42. The summed E-state index contributed by atoms with van der Waals surface area (Å²) in [6.07, 6.45) is 0. The molecule has 1 aromatic carbocycles. The molecule has 0 spiro atoms. The number of thiophene rings is 1. The number of azo groups is 1. The summed E-state index contributed by atoms with van der Waals surface area (Å²) in [5.41, 5.74) is 4.10. The summed E-state index contributed by atoms with van der Waals surface area (Å²) in [4.78, 5) is 3.40. The van der Waals surface area contributed by atoms with Crippen molar-refractivity contribution in [2.45, 2.75) is 20.8 Å². The maximum absolute atomic E-state index is 9.15. The minimum absolute atomic E-state index is 0.439. The van der Waals surface area contributed by atoms with E-state index < -0.39 is 0 Å². The van der Waals surface area contributed by atoms with Gasteiger partial charge in [-0.15, -0.1) is 21.6 Å². The summed E-state index contributed by atoms with van der Waals surface area (Å²) in [7, 11) is 0. The Bertz CT molecular complexity index is 772. The molecular formula is C15H12N4S. The second-order valence-electron chi connectivity index (χ2n) is 4.43. The highest BCUT2D eigenvalue weighted by Gasteiger charge is 2.14. The average molecular weight is 280 g/mol. The molecule has 0 amide bonds. The van der Waals surface area contributed by atoms with Crippen molar-refractivity contribution in [3.05, 3.63) is 51.9 Å². The van der Waals surface area contributed by atoms with E-state index in [2.05, 4.69) is 21.1 Å². The van der Waals surface area contributed by atoms with E-state index in [9.17, 15) is 0 Å². The van der Waals surface area contributed by atoms with Crippen molar-refractivity contribution in [3.8, 4) is 6.07 Å². The van der Waals surface area contributed by atoms with Crippen LogP contribution in [-0.2, 0) is 0 Å². The smallest absolute Gasteiger partial charge is 0.226 e. The first kappa shape index (κ1) is 13.9. The van der Waals surface area contributed by atoms with Crippen LogP contribution in [0.3, 0.4) is 0 Å². The van der Waals surface area contributed by atoms with Crippen LogP contribution in [0.5, 0.6) is 0 Å². The van der Waals surface area contributed by atoms with Crippen LogP contribution < -0.4 is 0 Å². The van der Waals surface area contributed by atoms with Crippen LogP contribution in [0.4, 0.5) is 15.7 Å². The van der Waals surface area contributed by atoms with Gasteiger partial charge in [-0.2, -0.15) is 5.26 Å². The zero-order valence-corrected chi connectivity index (χ0v) is 12.2. The van der Waals surface area contributed by atoms with E-state index in [0.29, 0.717) is 21.1 Å². The first-order valence-corrected chi connectivity index (χ1v) is 6.78. The molecule has 0 aliphatic carbocycles. The van der Waals surface area contributed by atoms with Gasteiger partial charge in [-0.3, -0.25) is 0 Å². The van der Waals surface area contributed by atoms with Crippen LogP contribution in [0.1, 0.15) is 22.3 Å². The monoisotopic (exact) mass is 280 g/mol. The molecule has 4 nitrogen and oxygen atoms in total. The highest BCUT2D eigenvalue weighted by Crippen LogP contribution is 2.41. The summed E-state index contributed by atoms with van der Waals surface area (Å²) < 4.78 is 0. The Morgan fingerprint density at radius 1 is 1.25 bits per heavy atom. The number of benzene rings is 1. The van der Waals surface area contributed by atoms with Gasteiger partial charge in [0.2, 0.25) is 5.00 Å². The second kappa shape index (κ2) is 5.64. The molecule has 5 heteroatoms. The molecule has 20 heavy (non-hydrogen) atoms. The molecule has 0 fully saturated rings. The summed E-state index contributed by atoms with van der Waals surface area (Å²) >= 11 is 1.20. The lowest BCUT2D eigenvalue weighted by atomic mass is 10.1. The fourth-order valence-corrected chi connectivity index (χ4v) is 2.68. The Morgan fingerprint density at radius 2 is 2.00 bits per heavy atom. The Hall–Kier alpha value is -2.50. The second-order valence-corrected chi connectivity index (χ2v) is 5.40. The Labute approximate surface area is 121 Å². The van der Waals surface area contributed by atoms with Crippen LogP contribution in [0, 0.1) is 38.7 Å². The zero-order chi connectivity index (χ0) is 14.7.